The fourth-order valence-corrected chi connectivity index (χ4v) is 1.94. The summed E-state index contributed by atoms with van der Waals surface area (Å²) in [6.45, 7) is 5.95. The Bertz CT molecular complexity index is 396. The Morgan fingerprint density at radius 1 is 1.11 bits per heavy atom. The summed E-state index contributed by atoms with van der Waals surface area (Å²) in [7, 11) is 3.87. The molecular formula is C14H23F2N3. The van der Waals surface area contributed by atoms with Crippen LogP contribution in [0.15, 0.2) is 12.1 Å². The molecule has 19 heavy (non-hydrogen) atoms. The molecule has 0 aliphatic rings. The van der Waals surface area contributed by atoms with Gasteiger partial charge in [-0.2, -0.15) is 0 Å². The Morgan fingerprint density at radius 2 is 1.63 bits per heavy atom. The highest BCUT2D eigenvalue weighted by atomic mass is 19.1. The lowest BCUT2D eigenvalue weighted by Gasteiger charge is -2.28. The molecule has 3 nitrogen and oxygen atoms in total. The molecule has 0 saturated carbocycles. The van der Waals surface area contributed by atoms with Crippen molar-refractivity contribution in [3.05, 3.63) is 23.8 Å². The Labute approximate surface area is 114 Å². The monoisotopic (exact) mass is 271 g/mol. The molecule has 0 heterocycles. The van der Waals surface area contributed by atoms with Crippen LogP contribution in [-0.4, -0.2) is 38.6 Å². The topological polar surface area (TPSA) is 32.5 Å². The van der Waals surface area contributed by atoms with Crippen molar-refractivity contribution in [2.24, 2.45) is 5.92 Å². The summed E-state index contributed by atoms with van der Waals surface area (Å²) in [4.78, 5) is 3.73. The predicted octanol–water partition coefficient (Wildman–Crippen LogP) is 2.57. The van der Waals surface area contributed by atoms with Crippen LogP contribution < -0.4 is 10.6 Å². The molecule has 0 fully saturated rings. The van der Waals surface area contributed by atoms with Gasteiger partial charge in [0, 0.05) is 25.3 Å². The SMILES string of the molecule is CC(C)CN(CCN(C)C)c1c(F)cc(N)cc1F. The van der Waals surface area contributed by atoms with Crippen molar-refractivity contribution in [2.75, 3.05) is 44.4 Å². The van der Waals surface area contributed by atoms with Gasteiger partial charge in [-0.3, -0.25) is 0 Å². The van der Waals surface area contributed by atoms with E-state index in [9.17, 15) is 8.78 Å². The standard InChI is InChI=1S/C14H23F2N3/c1-10(2)9-19(6-5-18(3)4)14-12(15)7-11(17)8-13(14)16/h7-8,10H,5-6,9,17H2,1-4H3. The lowest BCUT2D eigenvalue weighted by Crippen LogP contribution is -2.35. The number of benzene rings is 1. The minimum absolute atomic E-state index is 0.0183. The number of hydrogen-bond donors (Lipinski definition) is 1. The molecule has 0 radical (unpaired) electrons. The molecule has 108 valence electrons. The smallest absolute Gasteiger partial charge is 0.151 e. The summed E-state index contributed by atoms with van der Waals surface area (Å²) >= 11 is 0. The van der Waals surface area contributed by atoms with Gasteiger partial charge in [0.15, 0.2) is 11.6 Å². The predicted molar refractivity (Wildman–Crippen MR) is 76.4 cm³/mol. The second-order valence-electron chi connectivity index (χ2n) is 5.48. The first kappa shape index (κ1) is 15.7. The normalized spacial score (nSPS) is 11.4. The molecule has 1 rings (SSSR count). The Hall–Kier alpha value is -1.36. The van der Waals surface area contributed by atoms with E-state index in [0.29, 0.717) is 19.0 Å². The molecule has 0 bridgehead atoms. The van der Waals surface area contributed by atoms with Gasteiger partial charge < -0.3 is 15.5 Å². The van der Waals surface area contributed by atoms with Crippen molar-refractivity contribution in [1.82, 2.24) is 4.90 Å². The number of nitrogens with two attached hydrogens (primary N) is 1. The number of halogens is 2. The maximum atomic E-state index is 14.0. The van der Waals surface area contributed by atoms with Crippen molar-refractivity contribution < 1.29 is 8.78 Å². The van der Waals surface area contributed by atoms with Crippen LogP contribution in [0.2, 0.25) is 0 Å². The first-order valence-corrected chi connectivity index (χ1v) is 6.45. The van der Waals surface area contributed by atoms with E-state index in [4.69, 9.17) is 5.73 Å². The molecule has 1 aromatic rings. The van der Waals surface area contributed by atoms with Crippen molar-refractivity contribution in [2.45, 2.75) is 13.8 Å². The molecule has 2 N–H and O–H groups in total. The van der Waals surface area contributed by atoms with E-state index in [1.165, 1.54) is 12.1 Å². The van der Waals surface area contributed by atoms with Gasteiger partial charge >= 0.3 is 0 Å². The second kappa shape index (κ2) is 6.70. The highest BCUT2D eigenvalue weighted by molar-refractivity contribution is 5.55. The zero-order valence-corrected chi connectivity index (χ0v) is 12.1. The Balaban J connectivity index is 3.02. The van der Waals surface area contributed by atoms with Crippen LogP contribution in [0.4, 0.5) is 20.2 Å². The van der Waals surface area contributed by atoms with E-state index in [1.807, 2.05) is 32.8 Å². The maximum absolute atomic E-state index is 14.0. The van der Waals surface area contributed by atoms with Crippen LogP contribution in [0.1, 0.15) is 13.8 Å². The van der Waals surface area contributed by atoms with E-state index < -0.39 is 11.6 Å². The van der Waals surface area contributed by atoms with Crippen molar-refractivity contribution in [3.63, 3.8) is 0 Å². The summed E-state index contributed by atoms with van der Waals surface area (Å²) in [5.74, 6) is -0.882. The Morgan fingerprint density at radius 3 is 2.05 bits per heavy atom. The zero-order valence-electron chi connectivity index (χ0n) is 12.1. The molecule has 0 aliphatic carbocycles. The van der Waals surface area contributed by atoms with Gasteiger partial charge in [0.25, 0.3) is 0 Å². The van der Waals surface area contributed by atoms with E-state index in [1.54, 1.807) is 4.90 Å². The molecule has 0 amide bonds. The van der Waals surface area contributed by atoms with Gasteiger partial charge in [-0.25, -0.2) is 8.78 Å². The van der Waals surface area contributed by atoms with E-state index in [-0.39, 0.29) is 11.4 Å². The quantitative estimate of drug-likeness (QED) is 0.807. The molecule has 0 atom stereocenters. The van der Waals surface area contributed by atoms with Crippen molar-refractivity contribution >= 4 is 11.4 Å². The third-order valence-corrected chi connectivity index (χ3v) is 2.76. The second-order valence-corrected chi connectivity index (χ2v) is 5.48. The molecule has 1 aromatic carbocycles. The molecule has 0 saturated heterocycles. The number of rotatable bonds is 6. The average Bonchev–Trinajstić information content (AvgIpc) is 2.23. The third kappa shape index (κ3) is 4.67. The summed E-state index contributed by atoms with van der Waals surface area (Å²) in [5, 5.41) is 0. The summed E-state index contributed by atoms with van der Waals surface area (Å²) in [6.07, 6.45) is 0. The highest BCUT2D eigenvalue weighted by Crippen LogP contribution is 2.26. The fraction of sp³-hybridized carbons (Fsp3) is 0.571. The first-order chi connectivity index (χ1) is 8.81. The molecular weight excluding hydrogens is 248 g/mol. The van der Waals surface area contributed by atoms with Crippen LogP contribution in [0.25, 0.3) is 0 Å². The van der Waals surface area contributed by atoms with E-state index in [2.05, 4.69) is 0 Å². The molecule has 0 aliphatic heterocycles. The fourth-order valence-electron chi connectivity index (χ4n) is 1.94. The zero-order chi connectivity index (χ0) is 14.6. The van der Waals surface area contributed by atoms with Crippen LogP contribution in [0.3, 0.4) is 0 Å². The lowest BCUT2D eigenvalue weighted by molar-refractivity contribution is 0.406. The van der Waals surface area contributed by atoms with Crippen LogP contribution in [-0.2, 0) is 0 Å². The lowest BCUT2D eigenvalue weighted by atomic mass is 10.1. The summed E-state index contributed by atoms with van der Waals surface area (Å²) in [6, 6.07) is 2.34. The van der Waals surface area contributed by atoms with Gasteiger partial charge in [0.05, 0.1) is 0 Å². The summed E-state index contributed by atoms with van der Waals surface area (Å²) < 4.78 is 27.9. The average molecular weight is 271 g/mol. The van der Waals surface area contributed by atoms with E-state index in [0.717, 1.165) is 6.54 Å². The molecule has 0 spiro atoms. The molecule has 0 unspecified atom stereocenters. The Kier molecular flexibility index (Phi) is 5.54. The van der Waals surface area contributed by atoms with Gasteiger partial charge in [0.2, 0.25) is 0 Å². The van der Waals surface area contributed by atoms with Crippen molar-refractivity contribution in [1.29, 1.82) is 0 Å². The highest BCUT2D eigenvalue weighted by Gasteiger charge is 2.18. The van der Waals surface area contributed by atoms with Crippen LogP contribution in [0, 0.1) is 17.6 Å². The number of likely N-dealkylation sites (N-methyl/N-ethyl adjacent to an activating group) is 1. The van der Waals surface area contributed by atoms with Crippen molar-refractivity contribution in [3.8, 4) is 0 Å². The largest absolute Gasteiger partial charge is 0.399 e. The minimum atomic E-state index is -0.600. The number of anilines is 2. The van der Waals surface area contributed by atoms with E-state index >= 15 is 0 Å². The van der Waals surface area contributed by atoms with Crippen LogP contribution >= 0.6 is 0 Å². The van der Waals surface area contributed by atoms with Gasteiger partial charge in [-0.1, -0.05) is 13.8 Å². The number of nitrogens with zero attached hydrogens (tertiary/aromatic N) is 2. The van der Waals surface area contributed by atoms with Gasteiger partial charge in [0.1, 0.15) is 5.69 Å². The maximum Gasteiger partial charge on any atom is 0.151 e. The molecule has 0 aromatic heterocycles. The number of hydrogen-bond acceptors (Lipinski definition) is 3. The number of nitrogen functional groups attached to an aromatic ring is 1. The molecule has 5 heteroatoms. The first-order valence-electron chi connectivity index (χ1n) is 6.45. The minimum Gasteiger partial charge on any atom is -0.399 e. The van der Waals surface area contributed by atoms with Crippen LogP contribution in [0.5, 0.6) is 0 Å². The summed E-state index contributed by atoms with van der Waals surface area (Å²) in [5.41, 5.74) is 5.57. The van der Waals surface area contributed by atoms with Gasteiger partial charge in [-0.05, 0) is 32.1 Å². The van der Waals surface area contributed by atoms with Gasteiger partial charge in [-0.15, -0.1) is 0 Å². The third-order valence-electron chi connectivity index (χ3n) is 2.76.